The average molecular weight is 432 g/mol. The minimum atomic E-state index is -0.713. The number of rotatable bonds is 5. The van der Waals surface area contributed by atoms with Gasteiger partial charge in [-0.25, -0.2) is 8.78 Å². The number of aromatic nitrogens is 2. The Labute approximate surface area is 175 Å². The van der Waals surface area contributed by atoms with Gasteiger partial charge in [0, 0.05) is 21.8 Å². The molecule has 0 bridgehead atoms. The lowest BCUT2D eigenvalue weighted by molar-refractivity contribution is 0.494. The second-order valence-corrected chi connectivity index (χ2v) is 7.00. The molecule has 1 aromatic heterocycles. The number of nitrogens with zero attached hydrogens (tertiary/aromatic N) is 2. The molecule has 4 nitrogen and oxygen atoms in total. The summed E-state index contributed by atoms with van der Waals surface area (Å²) in [5.41, 5.74) is 1.76. The van der Waals surface area contributed by atoms with Gasteiger partial charge in [-0.1, -0.05) is 47.5 Å². The van der Waals surface area contributed by atoms with Crippen LogP contribution in [0.3, 0.4) is 0 Å². The Morgan fingerprint density at radius 1 is 0.862 bits per heavy atom. The highest BCUT2D eigenvalue weighted by atomic mass is 35.5. The number of nitrogens with one attached hydrogen (secondary N) is 1. The van der Waals surface area contributed by atoms with Gasteiger partial charge in [-0.3, -0.25) is 0 Å². The summed E-state index contributed by atoms with van der Waals surface area (Å²) in [6, 6.07) is 16.7. The first-order valence-corrected chi connectivity index (χ1v) is 9.32. The molecule has 3 aromatic carbocycles. The molecule has 4 rings (SSSR count). The summed E-state index contributed by atoms with van der Waals surface area (Å²) in [6.45, 7) is 0. The molecular formula is C21H13Cl2F2N3O. The summed E-state index contributed by atoms with van der Waals surface area (Å²) in [6.07, 6.45) is 0. The van der Waals surface area contributed by atoms with Crippen LogP contribution in [0.1, 0.15) is 17.5 Å². The molecule has 1 atom stereocenters. The van der Waals surface area contributed by atoms with Crippen molar-refractivity contribution >= 4 is 28.9 Å². The van der Waals surface area contributed by atoms with E-state index >= 15 is 0 Å². The molecule has 8 heteroatoms. The quantitative estimate of drug-likeness (QED) is 0.390. The predicted octanol–water partition coefficient (Wildman–Crippen LogP) is 6.52. The first-order chi connectivity index (χ1) is 14.0. The van der Waals surface area contributed by atoms with Crippen LogP contribution in [0.25, 0.3) is 11.5 Å². The number of hydrogen-bond acceptors (Lipinski definition) is 4. The van der Waals surface area contributed by atoms with Crippen LogP contribution >= 0.6 is 23.2 Å². The van der Waals surface area contributed by atoms with Gasteiger partial charge < -0.3 is 9.73 Å². The number of anilines is 1. The van der Waals surface area contributed by atoms with E-state index in [0.29, 0.717) is 17.1 Å². The Bertz CT molecular complexity index is 1150. The van der Waals surface area contributed by atoms with E-state index in [-0.39, 0.29) is 15.9 Å². The van der Waals surface area contributed by atoms with Crippen LogP contribution in [0.4, 0.5) is 14.5 Å². The standard InChI is InChI=1S/C21H13Cl2F2N3O/c22-16-10-13(24)6-8-15(16)19(26-14-7-9-18(25)17(23)11-14)21-28-27-20(29-21)12-4-2-1-3-5-12/h1-11,19,26H/t19-/m0/s1. The summed E-state index contributed by atoms with van der Waals surface area (Å²) >= 11 is 12.1. The molecule has 0 radical (unpaired) electrons. The molecule has 1 N–H and O–H groups in total. The van der Waals surface area contributed by atoms with Gasteiger partial charge in [0.25, 0.3) is 0 Å². The van der Waals surface area contributed by atoms with Crippen LogP contribution < -0.4 is 5.32 Å². The van der Waals surface area contributed by atoms with Crippen LogP contribution in [-0.2, 0) is 0 Å². The van der Waals surface area contributed by atoms with Gasteiger partial charge in [0.2, 0.25) is 11.8 Å². The molecule has 0 aliphatic carbocycles. The maximum absolute atomic E-state index is 13.5. The molecule has 0 unspecified atom stereocenters. The minimum absolute atomic E-state index is 0.0468. The molecule has 1 heterocycles. The van der Waals surface area contributed by atoms with Crippen molar-refractivity contribution in [1.82, 2.24) is 10.2 Å². The van der Waals surface area contributed by atoms with E-state index in [2.05, 4.69) is 15.5 Å². The second kappa shape index (κ2) is 8.19. The summed E-state index contributed by atoms with van der Waals surface area (Å²) in [5.74, 6) is -0.490. The first-order valence-electron chi connectivity index (χ1n) is 8.56. The Kier molecular flexibility index (Phi) is 5.47. The Morgan fingerprint density at radius 2 is 1.66 bits per heavy atom. The number of benzene rings is 3. The molecule has 0 amide bonds. The maximum Gasteiger partial charge on any atom is 0.247 e. The van der Waals surface area contributed by atoms with E-state index in [1.165, 1.54) is 36.4 Å². The van der Waals surface area contributed by atoms with Crippen molar-refractivity contribution in [3.8, 4) is 11.5 Å². The zero-order valence-electron chi connectivity index (χ0n) is 14.7. The van der Waals surface area contributed by atoms with Crippen LogP contribution in [0, 0.1) is 11.6 Å². The van der Waals surface area contributed by atoms with Crippen molar-refractivity contribution in [1.29, 1.82) is 0 Å². The normalized spacial score (nSPS) is 12.0. The van der Waals surface area contributed by atoms with E-state index in [4.69, 9.17) is 27.6 Å². The fourth-order valence-corrected chi connectivity index (χ4v) is 3.27. The van der Waals surface area contributed by atoms with Gasteiger partial charge in [0.05, 0.1) is 5.02 Å². The van der Waals surface area contributed by atoms with Crippen LogP contribution in [0.15, 0.2) is 71.1 Å². The van der Waals surface area contributed by atoms with Crippen molar-refractivity contribution < 1.29 is 13.2 Å². The van der Waals surface area contributed by atoms with Gasteiger partial charge in [0.15, 0.2) is 0 Å². The van der Waals surface area contributed by atoms with Crippen molar-refractivity contribution in [2.45, 2.75) is 6.04 Å². The number of hydrogen-bond donors (Lipinski definition) is 1. The Balaban J connectivity index is 1.76. The molecule has 0 spiro atoms. The van der Waals surface area contributed by atoms with Crippen molar-refractivity contribution in [2.24, 2.45) is 0 Å². The van der Waals surface area contributed by atoms with Gasteiger partial charge in [-0.05, 0) is 42.5 Å². The minimum Gasteiger partial charge on any atom is -0.418 e. The van der Waals surface area contributed by atoms with Crippen LogP contribution in [0.2, 0.25) is 10.0 Å². The van der Waals surface area contributed by atoms with Crippen molar-refractivity contribution in [3.05, 3.63) is 99.9 Å². The predicted molar refractivity (Wildman–Crippen MR) is 108 cm³/mol. The smallest absolute Gasteiger partial charge is 0.247 e. The highest BCUT2D eigenvalue weighted by Crippen LogP contribution is 2.33. The lowest BCUT2D eigenvalue weighted by Gasteiger charge is -2.18. The maximum atomic E-state index is 13.5. The molecule has 4 aromatic rings. The molecular weight excluding hydrogens is 419 g/mol. The second-order valence-electron chi connectivity index (χ2n) is 6.18. The number of halogens is 4. The lowest BCUT2D eigenvalue weighted by atomic mass is 10.1. The molecule has 0 fully saturated rings. The van der Waals surface area contributed by atoms with Crippen LogP contribution in [-0.4, -0.2) is 10.2 Å². The van der Waals surface area contributed by atoms with Gasteiger partial charge >= 0.3 is 0 Å². The Morgan fingerprint density at radius 3 is 2.38 bits per heavy atom. The van der Waals surface area contributed by atoms with Crippen LogP contribution in [0.5, 0.6) is 0 Å². The van der Waals surface area contributed by atoms with Gasteiger partial charge in [-0.15, -0.1) is 10.2 Å². The van der Waals surface area contributed by atoms with E-state index in [1.807, 2.05) is 30.3 Å². The first kappa shape index (κ1) is 19.4. The van der Waals surface area contributed by atoms with E-state index < -0.39 is 17.7 Å². The molecule has 0 saturated heterocycles. The Hall–Kier alpha value is -2.96. The third-order valence-electron chi connectivity index (χ3n) is 4.21. The van der Waals surface area contributed by atoms with Gasteiger partial charge in [0.1, 0.15) is 17.7 Å². The summed E-state index contributed by atoms with van der Waals surface area (Å²) in [7, 11) is 0. The van der Waals surface area contributed by atoms with E-state index in [1.54, 1.807) is 0 Å². The molecule has 29 heavy (non-hydrogen) atoms. The largest absolute Gasteiger partial charge is 0.418 e. The summed E-state index contributed by atoms with van der Waals surface area (Å²) < 4.78 is 32.9. The SMILES string of the molecule is Fc1ccc([C@H](Nc2ccc(F)c(Cl)c2)c2nnc(-c3ccccc3)o2)c(Cl)c1. The summed E-state index contributed by atoms with van der Waals surface area (Å²) in [4.78, 5) is 0. The molecule has 0 aliphatic heterocycles. The molecule has 0 aliphatic rings. The third-order valence-corrected chi connectivity index (χ3v) is 4.83. The third kappa shape index (κ3) is 4.23. The molecule has 0 saturated carbocycles. The average Bonchev–Trinajstić information content (AvgIpc) is 3.20. The highest BCUT2D eigenvalue weighted by Gasteiger charge is 2.24. The fourth-order valence-electron chi connectivity index (χ4n) is 2.81. The topological polar surface area (TPSA) is 51.0 Å². The summed E-state index contributed by atoms with van der Waals surface area (Å²) in [5, 5.41) is 11.5. The zero-order chi connectivity index (χ0) is 20.4. The lowest BCUT2D eigenvalue weighted by Crippen LogP contribution is -2.13. The monoisotopic (exact) mass is 431 g/mol. The van der Waals surface area contributed by atoms with Crippen molar-refractivity contribution in [3.63, 3.8) is 0 Å². The zero-order valence-corrected chi connectivity index (χ0v) is 16.3. The molecule has 146 valence electrons. The van der Waals surface area contributed by atoms with E-state index in [9.17, 15) is 8.78 Å². The van der Waals surface area contributed by atoms with Crippen molar-refractivity contribution in [2.75, 3.05) is 5.32 Å². The fraction of sp³-hybridized carbons (Fsp3) is 0.0476. The van der Waals surface area contributed by atoms with E-state index in [0.717, 1.165) is 5.56 Å². The van der Waals surface area contributed by atoms with Gasteiger partial charge in [-0.2, -0.15) is 0 Å². The highest BCUT2D eigenvalue weighted by molar-refractivity contribution is 6.31.